The summed E-state index contributed by atoms with van der Waals surface area (Å²) in [5, 5.41) is 2.88. The summed E-state index contributed by atoms with van der Waals surface area (Å²) in [6, 6.07) is 13.3. The van der Waals surface area contributed by atoms with Gasteiger partial charge >= 0.3 is 6.09 Å². The monoisotopic (exact) mass is 465 g/mol. The highest BCUT2D eigenvalue weighted by molar-refractivity contribution is 5.94. The lowest BCUT2D eigenvalue weighted by atomic mass is 10.2. The third-order valence-electron chi connectivity index (χ3n) is 5.91. The smallest absolute Gasteiger partial charge is 0.409 e. The second-order valence-electron chi connectivity index (χ2n) is 8.40. The number of anilines is 1. The van der Waals surface area contributed by atoms with Crippen LogP contribution < -0.4 is 10.1 Å². The number of rotatable bonds is 7. The molecule has 1 aliphatic rings. The minimum absolute atomic E-state index is 0.0632. The minimum Gasteiger partial charge on any atom is -0.484 e. The molecule has 1 aromatic heterocycles. The average molecular weight is 466 g/mol. The predicted molar refractivity (Wildman–Crippen MR) is 130 cm³/mol. The van der Waals surface area contributed by atoms with Gasteiger partial charge in [0, 0.05) is 38.9 Å². The van der Waals surface area contributed by atoms with E-state index < -0.39 is 0 Å². The van der Waals surface area contributed by atoms with Gasteiger partial charge in [0.25, 0.3) is 5.91 Å². The molecule has 180 valence electrons. The van der Waals surface area contributed by atoms with Gasteiger partial charge in [-0.15, -0.1) is 0 Å². The Morgan fingerprint density at radius 3 is 2.50 bits per heavy atom. The molecular weight excluding hydrogens is 434 g/mol. The first-order chi connectivity index (χ1) is 16.4. The Balaban J connectivity index is 1.34. The largest absolute Gasteiger partial charge is 0.484 e. The number of fused-ring (bicyclic) bond motifs is 1. The summed E-state index contributed by atoms with van der Waals surface area (Å²) in [6.45, 7) is 7.65. The van der Waals surface area contributed by atoms with Crippen LogP contribution in [0.1, 0.15) is 18.3 Å². The van der Waals surface area contributed by atoms with Gasteiger partial charge in [0.2, 0.25) is 0 Å². The molecule has 0 aliphatic carbocycles. The molecule has 0 unspecified atom stereocenters. The maximum absolute atomic E-state index is 12.3. The minimum atomic E-state index is -0.247. The van der Waals surface area contributed by atoms with E-state index in [1.807, 2.05) is 63.4 Å². The summed E-state index contributed by atoms with van der Waals surface area (Å²) in [6.07, 6.45) is -0.247. The summed E-state index contributed by atoms with van der Waals surface area (Å²) < 4.78 is 12.7. The molecule has 3 aromatic rings. The van der Waals surface area contributed by atoms with Crippen LogP contribution in [0.25, 0.3) is 11.0 Å². The number of aryl methyl sites for hydroxylation is 2. The summed E-state index contributed by atoms with van der Waals surface area (Å²) in [5.74, 6) is 1.37. The maximum Gasteiger partial charge on any atom is 0.409 e. The Bertz CT molecular complexity index is 1150. The van der Waals surface area contributed by atoms with Gasteiger partial charge < -0.3 is 24.3 Å². The van der Waals surface area contributed by atoms with E-state index in [4.69, 9.17) is 14.5 Å². The molecule has 2 aromatic carbocycles. The highest BCUT2D eigenvalue weighted by Crippen LogP contribution is 2.21. The van der Waals surface area contributed by atoms with Crippen LogP contribution in [0.3, 0.4) is 0 Å². The fourth-order valence-electron chi connectivity index (χ4n) is 3.95. The predicted octanol–water partition coefficient (Wildman–Crippen LogP) is 3.17. The number of hydrogen-bond acceptors (Lipinski definition) is 6. The van der Waals surface area contributed by atoms with Crippen molar-refractivity contribution < 1.29 is 19.1 Å². The molecule has 1 fully saturated rings. The molecule has 9 heteroatoms. The van der Waals surface area contributed by atoms with Gasteiger partial charge in [-0.25, -0.2) is 9.78 Å². The average Bonchev–Trinajstić information content (AvgIpc) is 3.13. The van der Waals surface area contributed by atoms with E-state index >= 15 is 0 Å². The van der Waals surface area contributed by atoms with Gasteiger partial charge in [0.15, 0.2) is 6.61 Å². The van der Waals surface area contributed by atoms with E-state index in [9.17, 15) is 9.59 Å². The van der Waals surface area contributed by atoms with Crippen LogP contribution in [0.5, 0.6) is 5.75 Å². The molecule has 9 nitrogen and oxygen atoms in total. The lowest BCUT2D eigenvalue weighted by molar-refractivity contribution is -0.118. The zero-order chi connectivity index (χ0) is 24.1. The summed E-state index contributed by atoms with van der Waals surface area (Å²) >= 11 is 0. The van der Waals surface area contributed by atoms with E-state index in [-0.39, 0.29) is 18.6 Å². The first-order valence-corrected chi connectivity index (χ1v) is 11.5. The Labute approximate surface area is 199 Å². The van der Waals surface area contributed by atoms with Crippen molar-refractivity contribution in [1.82, 2.24) is 19.4 Å². The Morgan fingerprint density at radius 1 is 1.06 bits per heavy atom. The Kier molecular flexibility index (Phi) is 7.32. The lowest BCUT2D eigenvalue weighted by Crippen LogP contribution is -2.48. The van der Waals surface area contributed by atoms with Gasteiger partial charge in [-0.05, 0) is 44.2 Å². The van der Waals surface area contributed by atoms with Crippen LogP contribution in [0, 0.1) is 6.92 Å². The van der Waals surface area contributed by atoms with Crippen LogP contribution in [-0.2, 0) is 23.1 Å². The SMILES string of the molecule is CCOC(=O)N1CCN(Cc2nc3cc(NC(=O)COc4ccc(C)cc4)ccc3n2C)CC1. The second-order valence-corrected chi connectivity index (χ2v) is 8.40. The molecule has 2 heterocycles. The first kappa shape index (κ1) is 23.6. The molecule has 0 bridgehead atoms. The van der Waals surface area contributed by atoms with Crippen molar-refractivity contribution in [3.8, 4) is 5.75 Å². The lowest BCUT2D eigenvalue weighted by Gasteiger charge is -2.33. The van der Waals surface area contributed by atoms with Gasteiger partial charge in [-0.1, -0.05) is 17.7 Å². The zero-order valence-corrected chi connectivity index (χ0v) is 19.9. The van der Waals surface area contributed by atoms with E-state index in [1.165, 1.54) is 0 Å². The van der Waals surface area contributed by atoms with Crippen molar-refractivity contribution in [3.63, 3.8) is 0 Å². The van der Waals surface area contributed by atoms with Gasteiger partial charge in [0.1, 0.15) is 11.6 Å². The Hall–Kier alpha value is -3.59. The summed E-state index contributed by atoms with van der Waals surface area (Å²) in [7, 11) is 1.99. The highest BCUT2D eigenvalue weighted by Gasteiger charge is 2.23. The molecule has 1 aliphatic heterocycles. The number of benzene rings is 2. The molecular formula is C25H31N5O4. The number of hydrogen-bond donors (Lipinski definition) is 1. The quantitative estimate of drug-likeness (QED) is 0.577. The van der Waals surface area contributed by atoms with Crippen LogP contribution in [0.15, 0.2) is 42.5 Å². The number of ether oxygens (including phenoxy) is 2. The second kappa shape index (κ2) is 10.6. The standard InChI is InChI=1S/C25H31N5O4/c1-4-33-25(32)30-13-11-29(12-14-30)16-23-27-21-15-19(7-10-22(21)28(23)3)26-24(31)17-34-20-8-5-18(2)6-9-20/h5-10,15H,4,11-14,16-17H2,1-3H3,(H,26,31). The molecule has 2 amide bonds. The molecule has 0 atom stereocenters. The normalized spacial score (nSPS) is 14.3. The van der Waals surface area contributed by atoms with Crippen molar-refractivity contribution in [2.45, 2.75) is 20.4 Å². The van der Waals surface area contributed by atoms with Crippen molar-refractivity contribution in [2.24, 2.45) is 7.05 Å². The van der Waals surface area contributed by atoms with Gasteiger partial charge in [0.05, 0.1) is 24.2 Å². The topological polar surface area (TPSA) is 88.9 Å². The molecule has 4 rings (SSSR count). The Morgan fingerprint density at radius 2 is 1.79 bits per heavy atom. The van der Waals surface area contributed by atoms with Crippen LogP contribution >= 0.6 is 0 Å². The van der Waals surface area contributed by atoms with Crippen molar-refractivity contribution in [1.29, 1.82) is 0 Å². The maximum atomic E-state index is 12.3. The number of carbonyl (C=O) groups excluding carboxylic acids is 2. The van der Waals surface area contributed by atoms with Crippen molar-refractivity contribution in [3.05, 3.63) is 53.9 Å². The van der Waals surface area contributed by atoms with E-state index in [1.54, 1.807) is 4.90 Å². The fraction of sp³-hybridized carbons (Fsp3) is 0.400. The summed E-state index contributed by atoms with van der Waals surface area (Å²) in [4.78, 5) is 33.0. The molecule has 1 N–H and O–H groups in total. The van der Waals surface area contributed by atoms with E-state index in [0.29, 0.717) is 37.7 Å². The number of amides is 2. The van der Waals surface area contributed by atoms with Crippen molar-refractivity contribution in [2.75, 3.05) is 44.7 Å². The number of aromatic nitrogens is 2. The molecule has 34 heavy (non-hydrogen) atoms. The number of nitrogens with one attached hydrogen (secondary N) is 1. The third kappa shape index (κ3) is 5.66. The molecule has 1 saturated heterocycles. The molecule has 0 radical (unpaired) electrons. The fourth-order valence-corrected chi connectivity index (χ4v) is 3.95. The van der Waals surface area contributed by atoms with Crippen LogP contribution in [-0.4, -0.2) is 70.7 Å². The number of piperazine rings is 1. The van der Waals surface area contributed by atoms with Gasteiger partial charge in [-0.2, -0.15) is 0 Å². The number of imidazole rings is 1. The molecule has 0 saturated carbocycles. The van der Waals surface area contributed by atoms with E-state index in [2.05, 4.69) is 14.8 Å². The zero-order valence-electron chi connectivity index (χ0n) is 19.9. The third-order valence-corrected chi connectivity index (χ3v) is 5.91. The van der Waals surface area contributed by atoms with E-state index in [0.717, 1.165) is 35.5 Å². The number of nitrogens with zero attached hydrogens (tertiary/aromatic N) is 4. The number of carbonyl (C=O) groups is 2. The molecule has 0 spiro atoms. The first-order valence-electron chi connectivity index (χ1n) is 11.5. The van der Waals surface area contributed by atoms with Crippen LogP contribution in [0.4, 0.5) is 10.5 Å². The van der Waals surface area contributed by atoms with Gasteiger partial charge in [-0.3, -0.25) is 9.69 Å². The van der Waals surface area contributed by atoms with Crippen molar-refractivity contribution >= 4 is 28.7 Å². The highest BCUT2D eigenvalue weighted by atomic mass is 16.6. The summed E-state index contributed by atoms with van der Waals surface area (Å²) in [5.41, 5.74) is 3.63. The van der Waals surface area contributed by atoms with Crippen LogP contribution in [0.2, 0.25) is 0 Å².